The zero-order valence-corrected chi connectivity index (χ0v) is 7.36. The first kappa shape index (κ1) is 9.60. The number of hydrogen-bond acceptors (Lipinski definition) is 2. The van der Waals surface area contributed by atoms with Gasteiger partial charge in [-0.15, -0.1) is 12.4 Å². The molecule has 3 heteroatoms. The fraction of sp³-hybridized carbons (Fsp3) is 1.00. The molecule has 0 aromatic carbocycles. The van der Waals surface area contributed by atoms with Gasteiger partial charge in [0.2, 0.25) is 0 Å². The maximum Gasteiger partial charge on any atom is -0.000150 e. The van der Waals surface area contributed by atoms with E-state index < -0.39 is 0 Å². The molecule has 0 spiro atoms. The van der Waals surface area contributed by atoms with Gasteiger partial charge in [0.25, 0.3) is 0 Å². The molecule has 0 aromatic rings. The van der Waals surface area contributed by atoms with Crippen molar-refractivity contribution in [1.29, 1.82) is 0 Å². The highest BCUT2D eigenvalue weighted by molar-refractivity contribution is 7.98. The van der Waals surface area contributed by atoms with E-state index in [-0.39, 0.29) is 12.4 Å². The van der Waals surface area contributed by atoms with Gasteiger partial charge in [0, 0.05) is 0 Å². The lowest BCUT2D eigenvalue weighted by atomic mass is 10.1. The Balaban J connectivity index is 0.000000640. The summed E-state index contributed by atoms with van der Waals surface area (Å²) < 4.78 is 0. The number of thioether (sulfide) groups is 1. The van der Waals surface area contributed by atoms with E-state index in [1.807, 2.05) is 11.8 Å². The standard InChI is InChI=1S/C6H13NS.ClH/c1-8-5-6(4-7)2-3-6;/h2-5,7H2,1H3;1H. The second-order valence-corrected chi connectivity index (χ2v) is 3.50. The highest BCUT2D eigenvalue weighted by Crippen LogP contribution is 2.46. The third-order valence-electron chi connectivity index (χ3n) is 1.84. The van der Waals surface area contributed by atoms with Gasteiger partial charge in [-0.3, -0.25) is 0 Å². The van der Waals surface area contributed by atoms with Crippen LogP contribution in [-0.4, -0.2) is 18.6 Å². The first-order valence-electron chi connectivity index (χ1n) is 3.02. The van der Waals surface area contributed by atoms with E-state index in [1.54, 1.807) is 0 Å². The molecule has 1 aliphatic carbocycles. The average Bonchev–Trinajstić information content (AvgIpc) is 2.50. The Morgan fingerprint density at radius 3 is 2.22 bits per heavy atom. The van der Waals surface area contributed by atoms with E-state index in [2.05, 4.69) is 6.26 Å². The molecular formula is C6H14ClNS. The molecule has 0 bridgehead atoms. The van der Waals surface area contributed by atoms with Gasteiger partial charge in [0.1, 0.15) is 0 Å². The Labute approximate surface area is 67.2 Å². The summed E-state index contributed by atoms with van der Waals surface area (Å²) >= 11 is 1.92. The van der Waals surface area contributed by atoms with Crippen molar-refractivity contribution in [3.8, 4) is 0 Å². The molecule has 0 saturated heterocycles. The van der Waals surface area contributed by atoms with Gasteiger partial charge < -0.3 is 5.73 Å². The van der Waals surface area contributed by atoms with Gasteiger partial charge in [-0.2, -0.15) is 11.8 Å². The smallest absolute Gasteiger partial charge is 0.000150 e. The zero-order valence-electron chi connectivity index (χ0n) is 5.72. The Morgan fingerprint density at radius 1 is 1.56 bits per heavy atom. The third-order valence-corrected chi connectivity index (χ3v) is 2.74. The fourth-order valence-electron chi connectivity index (χ4n) is 0.890. The summed E-state index contributed by atoms with van der Waals surface area (Å²) in [5.41, 5.74) is 6.12. The van der Waals surface area contributed by atoms with Crippen LogP contribution < -0.4 is 5.73 Å². The van der Waals surface area contributed by atoms with Crippen LogP contribution in [-0.2, 0) is 0 Å². The Kier molecular flexibility index (Phi) is 3.94. The lowest BCUT2D eigenvalue weighted by Gasteiger charge is -2.07. The predicted molar refractivity (Wildman–Crippen MR) is 46.4 cm³/mol. The maximum atomic E-state index is 5.54. The molecule has 9 heavy (non-hydrogen) atoms. The predicted octanol–water partition coefficient (Wildman–Crippen LogP) is 1.51. The van der Waals surface area contributed by atoms with Crippen LogP contribution in [0.4, 0.5) is 0 Å². The summed E-state index contributed by atoms with van der Waals surface area (Å²) in [4.78, 5) is 0. The molecule has 0 heterocycles. The molecule has 56 valence electrons. The van der Waals surface area contributed by atoms with Crippen LogP contribution in [0, 0.1) is 5.41 Å². The molecule has 1 nitrogen and oxygen atoms in total. The van der Waals surface area contributed by atoms with E-state index in [0.29, 0.717) is 5.41 Å². The van der Waals surface area contributed by atoms with E-state index >= 15 is 0 Å². The number of nitrogens with two attached hydrogens (primary N) is 1. The zero-order chi connectivity index (χ0) is 6.04. The van der Waals surface area contributed by atoms with E-state index in [9.17, 15) is 0 Å². The monoisotopic (exact) mass is 167 g/mol. The molecule has 0 amide bonds. The number of rotatable bonds is 3. The molecule has 1 saturated carbocycles. The molecule has 1 aliphatic rings. The van der Waals surface area contributed by atoms with Crippen LogP contribution in [0.25, 0.3) is 0 Å². The van der Waals surface area contributed by atoms with Crippen molar-refractivity contribution >= 4 is 24.2 Å². The van der Waals surface area contributed by atoms with Crippen molar-refractivity contribution in [2.45, 2.75) is 12.8 Å². The molecule has 0 radical (unpaired) electrons. The largest absolute Gasteiger partial charge is 0.330 e. The average molecular weight is 168 g/mol. The Bertz CT molecular complexity index is 83.1. The highest BCUT2D eigenvalue weighted by atomic mass is 35.5. The van der Waals surface area contributed by atoms with E-state index in [4.69, 9.17) is 5.73 Å². The topological polar surface area (TPSA) is 26.0 Å². The van der Waals surface area contributed by atoms with Gasteiger partial charge in [-0.25, -0.2) is 0 Å². The Hall–Kier alpha value is 0.600. The minimum absolute atomic E-state index is 0. The normalized spacial score (nSPS) is 20.7. The summed E-state index contributed by atoms with van der Waals surface area (Å²) in [7, 11) is 0. The SMILES string of the molecule is CSCC1(CN)CC1.Cl. The molecule has 0 aromatic heterocycles. The Morgan fingerprint density at radius 2 is 2.11 bits per heavy atom. The van der Waals surface area contributed by atoms with Gasteiger partial charge >= 0.3 is 0 Å². The second kappa shape index (κ2) is 3.69. The molecule has 0 atom stereocenters. The van der Waals surface area contributed by atoms with Gasteiger partial charge in [-0.05, 0) is 36.8 Å². The van der Waals surface area contributed by atoms with Gasteiger partial charge in [0.15, 0.2) is 0 Å². The second-order valence-electron chi connectivity index (χ2n) is 2.64. The van der Waals surface area contributed by atoms with Crippen LogP contribution in [0.1, 0.15) is 12.8 Å². The highest BCUT2D eigenvalue weighted by Gasteiger charge is 2.40. The van der Waals surface area contributed by atoms with E-state index in [1.165, 1.54) is 18.6 Å². The summed E-state index contributed by atoms with van der Waals surface area (Å²) in [6.07, 6.45) is 4.88. The first-order valence-corrected chi connectivity index (χ1v) is 4.41. The van der Waals surface area contributed by atoms with Crippen LogP contribution in [0.15, 0.2) is 0 Å². The van der Waals surface area contributed by atoms with Gasteiger partial charge in [0.05, 0.1) is 0 Å². The number of halogens is 1. The van der Waals surface area contributed by atoms with Crippen LogP contribution in [0.5, 0.6) is 0 Å². The first-order chi connectivity index (χ1) is 3.83. The molecule has 1 rings (SSSR count). The summed E-state index contributed by atoms with van der Waals surface area (Å²) in [6, 6.07) is 0. The van der Waals surface area contributed by atoms with Crippen molar-refractivity contribution < 1.29 is 0 Å². The minimum Gasteiger partial charge on any atom is -0.330 e. The van der Waals surface area contributed by atoms with Crippen LogP contribution in [0.2, 0.25) is 0 Å². The van der Waals surface area contributed by atoms with Gasteiger partial charge in [-0.1, -0.05) is 0 Å². The molecule has 0 unspecified atom stereocenters. The lowest BCUT2D eigenvalue weighted by Crippen LogP contribution is -2.17. The molecule has 2 N–H and O–H groups in total. The van der Waals surface area contributed by atoms with Crippen LogP contribution in [0.3, 0.4) is 0 Å². The number of hydrogen-bond donors (Lipinski definition) is 1. The van der Waals surface area contributed by atoms with Crippen LogP contribution >= 0.6 is 24.2 Å². The maximum absolute atomic E-state index is 5.54. The molecule has 0 aliphatic heterocycles. The summed E-state index contributed by atoms with van der Waals surface area (Å²) in [6.45, 7) is 0.897. The summed E-state index contributed by atoms with van der Waals surface area (Å²) in [5.74, 6) is 1.27. The fourth-order valence-corrected chi connectivity index (χ4v) is 1.91. The van der Waals surface area contributed by atoms with Crippen molar-refractivity contribution in [2.75, 3.05) is 18.6 Å². The summed E-state index contributed by atoms with van der Waals surface area (Å²) in [5, 5.41) is 0. The molecular weight excluding hydrogens is 154 g/mol. The van der Waals surface area contributed by atoms with Crippen molar-refractivity contribution in [3.63, 3.8) is 0 Å². The lowest BCUT2D eigenvalue weighted by molar-refractivity contribution is 0.601. The van der Waals surface area contributed by atoms with E-state index in [0.717, 1.165) is 6.54 Å². The minimum atomic E-state index is 0. The quantitative estimate of drug-likeness (QED) is 0.690. The van der Waals surface area contributed by atoms with Crippen molar-refractivity contribution in [2.24, 2.45) is 11.1 Å². The van der Waals surface area contributed by atoms with Crippen molar-refractivity contribution in [1.82, 2.24) is 0 Å². The third kappa shape index (κ3) is 2.36. The molecule has 1 fully saturated rings. The van der Waals surface area contributed by atoms with Crippen molar-refractivity contribution in [3.05, 3.63) is 0 Å².